The maximum absolute atomic E-state index is 12.8. The molecule has 0 spiro atoms. The van der Waals surface area contributed by atoms with Crippen molar-refractivity contribution in [2.75, 3.05) is 13.2 Å². The lowest BCUT2D eigenvalue weighted by Gasteiger charge is -2.28. The highest BCUT2D eigenvalue weighted by molar-refractivity contribution is 6.03. The fourth-order valence-electron chi connectivity index (χ4n) is 4.43. The van der Waals surface area contributed by atoms with Gasteiger partial charge in [-0.05, 0) is 107 Å². The standard InChI is InChI=1S/C33H44O8/c1-7-32(6,40-25(5)35)30(36)26-14-18-28(19-15-26)38-22-12-10-11-13-23-39-29-20-16-27(17-21-29)31(37)41-33(8-2,9-3)24(4)34/h14-21H,7-13,22-23H2,1-6H3/t32-/m1/s1. The van der Waals surface area contributed by atoms with Gasteiger partial charge in [0.1, 0.15) is 11.5 Å². The third kappa shape index (κ3) is 9.73. The molecular formula is C33H44O8. The van der Waals surface area contributed by atoms with Crippen LogP contribution in [0.4, 0.5) is 0 Å². The Labute approximate surface area is 243 Å². The third-order valence-corrected chi connectivity index (χ3v) is 7.38. The van der Waals surface area contributed by atoms with E-state index in [0.717, 1.165) is 25.7 Å². The van der Waals surface area contributed by atoms with E-state index in [4.69, 9.17) is 18.9 Å². The van der Waals surface area contributed by atoms with Crippen molar-refractivity contribution in [1.82, 2.24) is 0 Å². The molecule has 0 amide bonds. The second-order valence-corrected chi connectivity index (χ2v) is 10.3. The zero-order valence-corrected chi connectivity index (χ0v) is 25.2. The first-order valence-electron chi connectivity index (χ1n) is 14.4. The average Bonchev–Trinajstić information content (AvgIpc) is 2.96. The van der Waals surface area contributed by atoms with Gasteiger partial charge in [-0.3, -0.25) is 14.4 Å². The fraction of sp³-hybridized carbons (Fsp3) is 0.515. The van der Waals surface area contributed by atoms with E-state index in [1.165, 1.54) is 13.8 Å². The van der Waals surface area contributed by atoms with Crippen molar-refractivity contribution in [1.29, 1.82) is 0 Å². The van der Waals surface area contributed by atoms with Crippen molar-refractivity contribution in [3.05, 3.63) is 59.7 Å². The van der Waals surface area contributed by atoms with Crippen LogP contribution in [0.2, 0.25) is 0 Å². The van der Waals surface area contributed by atoms with Crippen LogP contribution < -0.4 is 9.47 Å². The Bertz CT molecular complexity index is 1150. The molecule has 224 valence electrons. The second kappa shape index (κ2) is 15.9. The van der Waals surface area contributed by atoms with Gasteiger partial charge in [-0.1, -0.05) is 20.8 Å². The summed E-state index contributed by atoms with van der Waals surface area (Å²) in [6, 6.07) is 13.7. The molecule has 0 unspecified atom stereocenters. The van der Waals surface area contributed by atoms with Gasteiger partial charge >= 0.3 is 11.9 Å². The molecule has 2 rings (SSSR count). The van der Waals surface area contributed by atoms with Crippen molar-refractivity contribution < 1.29 is 38.1 Å². The molecule has 0 saturated carbocycles. The molecule has 1 atom stereocenters. The third-order valence-electron chi connectivity index (χ3n) is 7.38. The Morgan fingerprint density at radius 3 is 1.49 bits per heavy atom. The average molecular weight is 569 g/mol. The summed E-state index contributed by atoms with van der Waals surface area (Å²) in [5.41, 5.74) is -1.40. The molecule has 0 aromatic heterocycles. The fourth-order valence-corrected chi connectivity index (χ4v) is 4.43. The van der Waals surface area contributed by atoms with Crippen molar-refractivity contribution in [3.8, 4) is 11.5 Å². The molecule has 0 bridgehead atoms. The molecule has 0 radical (unpaired) electrons. The molecule has 2 aromatic carbocycles. The summed E-state index contributed by atoms with van der Waals surface area (Å²) in [6.45, 7) is 11.0. The Morgan fingerprint density at radius 2 is 1.10 bits per heavy atom. The van der Waals surface area contributed by atoms with Crippen molar-refractivity contribution in [2.24, 2.45) is 0 Å². The van der Waals surface area contributed by atoms with Gasteiger partial charge < -0.3 is 18.9 Å². The first-order valence-corrected chi connectivity index (χ1v) is 14.4. The van der Waals surface area contributed by atoms with Crippen LogP contribution in [-0.4, -0.2) is 47.9 Å². The van der Waals surface area contributed by atoms with Gasteiger partial charge in [0.2, 0.25) is 5.78 Å². The number of Topliss-reactive ketones (excluding diaryl/α,β-unsaturated/α-hetero) is 2. The van der Waals surface area contributed by atoms with Crippen LogP contribution in [-0.2, 0) is 19.1 Å². The van der Waals surface area contributed by atoms with Crippen LogP contribution in [0.5, 0.6) is 11.5 Å². The zero-order valence-electron chi connectivity index (χ0n) is 25.2. The molecule has 0 fully saturated rings. The minimum absolute atomic E-state index is 0.150. The topological polar surface area (TPSA) is 105 Å². The van der Waals surface area contributed by atoms with Gasteiger partial charge in [-0.15, -0.1) is 0 Å². The summed E-state index contributed by atoms with van der Waals surface area (Å²) in [6.07, 6.45) is 4.99. The normalized spacial score (nSPS) is 12.6. The second-order valence-electron chi connectivity index (χ2n) is 10.3. The van der Waals surface area contributed by atoms with Gasteiger partial charge in [-0.25, -0.2) is 4.79 Å². The van der Waals surface area contributed by atoms with Gasteiger partial charge in [0, 0.05) is 12.5 Å². The van der Waals surface area contributed by atoms with Gasteiger partial charge in [0.25, 0.3) is 0 Å². The Hall–Kier alpha value is -3.68. The zero-order chi connectivity index (χ0) is 30.5. The van der Waals surface area contributed by atoms with Crippen molar-refractivity contribution in [2.45, 2.75) is 97.7 Å². The van der Waals surface area contributed by atoms with E-state index < -0.39 is 23.1 Å². The Balaban J connectivity index is 1.67. The van der Waals surface area contributed by atoms with E-state index in [1.807, 2.05) is 20.8 Å². The van der Waals surface area contributed by atoms with Crippen molar-refractivity contribution in [3.63, 3.8) is 0 Å². The summed E-state index contributed by atoms with van der Waals surface area (Å²) in [5, 5.41) is 0. The van der Waals surface area contributed by atoms with E-state index in [-0.39, 0.29) is 11.6 Å². The summed E-state index contributed by atoms with van der Waals surface area (Å²) in [5.74, 6) is -0.0301. The van der Waals surface area contributed by atoms with Gasteiger partial charge in [0.15, 0.2) is 17.0 Å². The lowest BCUT2D eigenvalue weighted by atomic mass is 9.92. The number of ketones is 2. The molecule has 0 saturated heterocycles. The summed E-state index contributed by atoms with van der Waals surface area (Å²) < 4.78 is 22.4. The van der Waals surface area contributed by atoms with Crippen LogP contribution in [0.1, 0.15) is 107 Å². The minimum atomic E-state index is -1.18. The molecule has 0 aliphatic carbocycles. The molecule has 8 heteroatoms. The summed E-state index contributed by atoms with van der Waals surface area (Å²) >= 11 is 0. The number of hydrogen-bond donors (Lipinski definition) is 0. The number of ether oxygens (including phenoxy) is 4. The first-order chi connectivity index (χ1) is 19.5. The van der Waals surface area contributed by atoms with Crippen LogP contribution >= 0.6 is 0 Å². The molecule has 2 aromatic rings. The smallest absolute Gasteiger partial charge is 0.339 e. The maximum Gasteiger partial charge on any atom is 0.339 e. The van der Waals surface area contributed by atoms with Crippen LogP contribution in [0.25, 0.3) is 0 Å². The quantitative estimate of drug-likeness (QED) is 0.108. The lowest BCUT2D eigenvalue weighted by Crippen LogP contribution is -2.40. The van der Waals surface area contributed by atoms with Gasteiger partial charge in [-0.2, -0.15) is 0 Å². The van der Waals surface area contributed by atoms with E-state index in [1.54, 1.807) is 55.5 Å². The van der Waals surface area contributed by atoms with Crippen LogP contribution in [0.15, 0.2) is 48.5 Å². The molecule has 0 N–H and O–H groups in total. The number of carbonyl (C=O) groups excluding carboxylic acids is 4. The monoisotopic (exact) mass is 568 g/mol. The van der Waals surface area contributed by atoms with Gasteiger partial charge in [0.05, 0.1) is 18.8 Å². The minimum Gasteiger partial charge on any atom is -0.494 e. The Morgan fingerprint density at radius 1 is 0.634 bits per heavy atom. The lowest BCUT2D eigenvalue weighted by molar-refractivity contribution is -0.151. The molecule has 0 aliphatic heterocycles. The highest BCUT2D eigenvalue weighted by Crippen LogP contribution is 2.25. The predicted molar refractivity (Wildman–Crippen MR) is 157 cm³/mol. The number of carbonyl (C=O) groups is 4. The first kappa shape index (κ1) is 33.5. The van der Waals surface area contributed by atoms with Crippen LogP contribution in [0, 0.1) is 0 Å². The van der Waals surface area contributed by atoms with E-state index in [2.05, 4.69) is 0 Å². The highest BCUT2D eigenvalue weighted by atomic mass is 16.6. The molecule has 0 heterocycles. The number of esters is 2. The number of hydrogen-bond acceptors (Lipinski definition) is 8. The predicted octanol–water partition coefficient (Wildman–Crippen LogP) is 6.92. The number of unbranched alkanes of at least 4 members (excludes halogenated alkanes) is 3. The van der Waals surface area contributed by atoms with E-state index in [0.29, 0.717) is 55.1 Å². The number of rotatable bonds is 18. The number of benzene rings is 2. The van der Waals surface area contributed by atoms with E-state index >= 15 is 0 Å². The molecular weight excluding hydrogens is 524 g/mol. The van der Waals surface area contributed by atoms with Crippen LogP contribution in [0.3, 0.4) is 0 Å². The Kier molecular flexibility index (Phi) is 13.0. The summed E-state index contributed by atoms with van der Waals surface area (Å²) in [4.78, 5) is 48.7. The molecule has 41 heavy (non-hydrogen) atoms. The summed E-state index contributed by atoms with van der Waals surface area (Å²) in [7, 11) is 0. The molecule has 0 aliphatic rings. The van der Waals surface area contributed by atoms with E-state index in [9.17, 15) is 19.2 Å². The molecule has 8 nitrogen and oxygen atoms in total. The highest BCUT2D eigenvalue weighted by Gasteiger charge is 2.36. The largest absolute Gasteiger partial charge is 0.494 e. The van der Waals surface area contributed by atoms with Crippen molar-refractivity contribution >= 4 is 23.5 Å². The SMILES string of the molecule is CCC(CC)(OC(=O)c1ccc(OCCCCCCOc2ccc(C(=O)[C@@](C)(CC)OC(C)=O)cc2)cc1)C(C)=O. The maximum atomic E-state index is 12.8.